The molecule has 1 N–H and O–H groups in total. The maximum absolute atomic E-state index is 12.4. The molecule has 2 aromatic rings. The van der Waals surface area contributed by atoms with E-state index < -0.39 is 0 Å². The molecule has 5 nitrogen and oxygen atoms in total. The summed E-state index contributed by atoms with van der Waals surface area (Å²) in [5.41, 5.74) is 2.66. The quantitative estimate of drug-likeness (QED) is 0.867. The van der Waals surface area contributed by atoms with Crippen LogP contribution in [0.2, 0.25) is 0 Å². The first-order chi connectivity index (χ1) is 12.7. The molecule has 0 aromatic heterocycles. The van der Waals surface area contributed by atoms with E-state index in [-0.39, 0.29) is 5.91 Å². The van der Waals surface area contributed by atoms with Gasteiger partial charge in [0.05, 0.1) is 7.11 Å². The van der Waals surface area contributed by atoms with Crippen molar-refractivity contribution in [3.8, 4) is 5.75 Å². The number of carbonyl (C=O) groups is 1. The number of carbonyl (C=O) groups excluding carboxylic acids is 1. The van der Waals surface area contributed by atoms with Gasteiger partial charge in [-0.1, -0.05) is 25.1 Å². The number of anilines is 1. The SMILES string of the molecule is CCN1CCN(Cc2ccc(NC(=O)c3cccc(OC)c3)cc2)CC1. The van der Waals surface area contributed by atoms with E-state index in [1.165, 1.54) is 5.56 Å². The van der Waals surface area contributed by atoms with Crippen LogP contribution in [0.3, 0.4) is 0 Å². The van der Waals surface area contributed by atoms with E-state index in [9.17, 15) is 4.79 Å². The summed E-state index contributed by atoms with van der Waals surface area (Å²) in [4.78, 5) is 17.3. The standard InChI is InChI=1S/C21H27N3O2/c1-3-23-11-13-24(14-12-23)16-17-7-9-19(10-8-17)22-21(25)18-5-4-6-20(15-18)26-2/h4-10,15H,3,11-14,16H2,1-2H3,(H,22,25). The van der Waals surface area contributed by atoms with Crippen LogP contribution < -0.4 is 10.1 Å². The van der Waals surface area contributed by atoms with E-state index >= 15 is 0 Å². The molecule has 0 atom stereocenters. The van der Waals surface area contributed by atoms with E-state index in [1.807, 2.05) is 24.3 Å². The van der Waals surface area contributed by atoms with E-state index in [0.29, 0.717) is 11.3 Å². The predicted octanol–water partition coefficient (Wildman–Crippen LogP) is 3.09. The highest BCUT2D eigenvalue weighted by molar-refractivity contribution is 6.04. The molecular weight excluding hydrogens is 326 g/mol. The number of rotatable bonds is 6. The van der Waals surface area contributed by atoms with E-state index in [1.54, 1.807) is 19.2 Å². The van der Waals surface area contributed by atoms with Crippen LogP contribution in [-0.2, 0) is 6.54 Å². The number of nitrogens with zero attached hydrogens (tertiary/aromatic N) is 2. The van der Waals surface area contributed by atoms with Crippen molar-refractivity contribution >= 4 is 11.6 Å². The van der Waals surface area contributed by atoms with Gasteiger partial charge in [-0.25, -0.2) is 0 Å². The van der Waals surface area contributed by atoms with Gasteiger partial charge in [-0.05, 0) is 42.4 Å². The summed E-state index contributed by atoms with van der Waals surface area (Å²) in [6.07, 6.45) is 0. The topological polar surface area (TPSA) is 44.8 Å². The Bertz CT molecular complexity index is 722. The Morgan fingerprint density at radius 1 is 1.04 bits per heavy atom. The average Bonchev–Trinajstić information content (AvgIpc) is 2.70. The second-order valence-corrected chi connectivity index (χ2v) is 6.59. The highest BCUT2D eigenvalue weighted by atomic mass is 16.5. The largest absolute Gasteiger partial charge is 0.497 e. The molecule has 0 aliphatic carbocycles. The molecule has 2 aromatic carbocycles. The Balaban J connectivity index is 1.55. The smallest absolute Gasteiger partial charge is 0.255 e. The maximum Gasteiger partial charge on any atom is 0.255 e. The third kappa shape index (κ3) is 4.84. The minimum atomic E-state index is -0.132. The van der Waals surface area contributed by atoms with Gasteiger partial charge in [0, 0.05) is 44.0 Å². The monoisotopic (exact) mass is 353 g/mol. The van der Waals surface area contributed by atoms with Gasteiger partial charge in [0.15, 0.2) is 0 Å². The Morgan fingerprint density at radius 2 is 1.73 bits per heavy atom. The number of hydrogen-bond acceptors (Lipinski definition) is 4. The fourth-order valence-corrected chi connectivity index (χ4v) is 3.18. The molecule has 1 fully saturated rings. The summed E-state index contributed by atoms with van der Waals surface area (Å²) in [6, 6.07) is 15.3. The van der Waals surface area contributed by atoms with Gasteiger partial charge in [0.1, 0.15) is 5.75 Å². The maximum atomic E-state index is 12.4. The van der Waals surface area contributed by atoms with Crippen molar-refractivity contribution in [3.05, 3.63) is 59.7 Å². The van der Waals surface area contributed by atoms with Gasteiger partial charge >= 0.3 is 0 Å². The van der Waals surface area contributed by atoms with Crippen LogP contribution in [0.1, 0.15) is 22.8 Å². The fourth-order valence-electron chi connectivity index (χ4n) is 3.18. The van der Waals surface area contributed by atoms with Gasteiger partial charge in [-0.2, -0.15) is 0 Å². The van der Waals surface area contributed by atoms with Crippen LogP contribution in [-0.4, -0.2) is 55.5 Å². The van der Waals surface area contributed by atoms with E-state index in [4.69, 9.17) is 4.74 Å². The molecule has 1 saturated heterocycles. The Kier molecular flexibility index (Phi) is 6.26. The molecule has 1 aliphatic heterocycles. The van der Waals surface area contributed by atoms with Crippen LogP contribution in [0.5, 0.6) is 5.75 Å². The van der Waals surface area contributed by atoms with Crippen molar-refractivity contribution in [2.45, 2.75) is 13.5 Å². The van der Waals surface area contributed by atoms with Crippen LogP contribution in [0, 0.1) is 0 Å². The first kappa shape index (κ1) is 18.4. The van der Waals surface area contributed by atoms with Gasteiger partial charge in [-0.3, -0.25) is 9.69 Å². The number of nitrogens with one attached hydrogen (secondary N) is 1. The predicted molar refractivity (Wildman–Crippen MR) is 105 cm³/mol. The molecule has 0 bridgehead atoms. The van der Waals surface area contributed by atoms with E-state index in [2.05, 4.69) is 34.2 Å². The summed E-state index contributed by atoms with van der Waals surface area (Å²) in [5, 5.41) is 2.94. The lowest BCUT2D eigenvalue weighted by atomic mass is 10.1. The normalized spacial score (nSPS) is 15.6. The number of ether oxygens (including phenoxy) is 1. The highest BCUT2D eigenvalue weighted by Gasteiger charge is 2.15. The average molecular weight is 353 g/mol. The molecule has 0 radical (unpaired) electrons. The van der Waals surface area contributed by atoms with Gasteiger partial charge < -0.3 is 15.0 Å². The van der Waals surface area contributed by atoms with Gasteiger partial charge in [0.2, 0.25) is 0 Å². The third-order valence-electron chi connectivity index (χ3n) is 4.86. The van der Waals surface area contributed by atoms with Crippen molar-refractivity contribution in [1.29, 1.82) is 0 Å². The van der Waals surface area contributed by atoms with Gasteiger partial charge in [-0.15, -0.1) is 0 Å². The van der Waals surface area contributed by atoms with Crippen molar-refractivity contribution in [2.24, 2.45) is 0 Å². The van der Waals surface area contributed by atoms with Gasteiger partial charge in [0.25, 0.3) is 5.91 Å². The van der Waals surface area contributed by atoms with Crippen molar-refractivity contribution in [3.63, 3.8) is 0 Å². The highest BCUT2D eigenvalue weighted by Crippen LogP contribution is 2.16. The zero-order valence-electron chi connectivity index (χ0n) is 15.6. The number of hydrogen-bond donors (Lipinski definition) is 1. The number of likely N-dealkylation sites (N-methyl/N-ethyl adjacent to an activating group) is 1. The summed E-state index contributed by atoms with van der Waals surface area (Å²) >= 11 is 0. The lowest BCUT2D eigenvalue weighted by Gasteiger charge is -2.34. The molecule has 0 spiro atoms. The van der Waals surface area contributed by atoms with Crippen LogP contribution in [0.4, 0.5) is 5.69 Å². The second kappa shape index (κ2) is 8.83. The molecule has 138 valence electrons. The Hall–Kier alpha value is -2.37. The number of amides is 1. The summed E-state index contributed by atoms with van der Waals surface area (Å²) in [5.74, 6) is 0.545. The van der Waals surface area contributed by atoms with Crippen LogP contribution in [0.25, 0.3) is 0 Å². The summed E-state index contributed by atoms with van der Waals surface area (Å²) < 4.78 is 5.17. The fraction of sp³-hybridized carbons (Fsp3) is 0.381. The van der Waals surface area contributed by atoms with Crippen molar-refractivity contribution in [2.75, 3.05) is 45.2 Å². The lowest BCUT2D eigenvalue weighted by molar-refractivity contribution is 0.102. The minimum absolute atomic E-state index is 0.132. The van der Waals surface area contributed by atoms with Crippen molar-refractivity contribution in [1.82, 2.24) is 9.80 Å². The molecule has 1 aliphatic rings. The molecule has 1 heterocycles. The molecule has 1 amide bonds. The Labute approximate surface area is 155 Å². The minimum Gasteiger partial charge on any atom is -0.497 e. The van der Waals surface area contributed by atoms with Crippen molar-refractivity contribution < 1.29 is 9.53 Å². The zero-order chi connectivity index (χ0) is 18.4. The molecule has 0 saturated carbocycles. The van der Waals surface area contributed by atoms with Crippen LogP contribution >= 0.6 is 0 Å². The first-order valence-corrected chi connectivity index (χ1v) is 9.17. The molecule has 5 heteroatoms. The number of methoxy groups -OCH3 is 1. The molecule has 3 rings (SSSR count). The zero-order valence-corrected chi connectivity index (χ0v) is 15.6. The number of benzene rings is 2. The lowest BCUT2D eigenvalue weighted by Crippen LogP contribution is -2.45. The molecule has 26 heavy (non-hydrogen) atoms. The molecular formula is C21H27N3O2. The summed E-state index contributed by atoms with van der Waals surface area (Å²) in [6.45, 7) is 8.83. The van der Waals surface area contributed by atoms with Crippen LogP contribution in [0.15, 0.2) is 48.5 Å². The Morgan fingerprint density at radius 3 is 2.38 bits per heavy atom. The molecule has 0 unspecified atom stereocenters. The van der Waals surface area contributed by atoms with E-state index in [0.717, 1.165) is 45.0 Å². The first-order valence-electron chi connectivity index (χ1n) is 9.17. The number of piperazine rings is 1. The second-order valence-electron chi connectivity index (χ2n) is 6.59. The third-order valence-corrected chi connectivity index (χ3v) is 4.86. The summed E-state index contributed by atoms with van der Waals surface area (Å²) in [7, 11) is 1.60.